The van der Waals surface area contributed by atoms with Gasteiger partial charge in [0.1, 0.15) is 16.7 Å². The van der Waals surface area contributed by atoms with Gasteiger partial charge < -0.3 is 13.7 Å². The molecule has 0 N–H and O–H groups in total. The van der Waals surface area contributed by atoms with Crippen molar-refractivity contribution in [3.05, 3.63) is 146 Å². The molecule has 230 valence electrons. The molecule has 0 aliphatic carbocycles. The van der Waals surface area contributed by atoms with Crippen LogP contribution in [0, 0.1) is 0 Å². The second kappa shape index (κ2) is 10.3. The summed E-state index contributed by atoms with van der Waals surface area (Å²) in [6.07, 6.45) is 0. The normalized spacial score (nSPS) is 12.1. The molecule has 4 nitrogen and oxygen atoms in total. The van der Waals surface area contributed by atoms with E-state index in [1.54, 1.807) is 0 Å². The molecule has 4 aromatic heterocycles. The SMILES string of the molecule is c1ccc(-c2nc3cc4c(cc3o2)oc2ccc(N(c3ccc5c(c3)sc3ccccc35)c3ccc5sc6ccccc6c5c3)cc24)cc1. The number of hydrogen-bond acceptors (Lipinski definition) is 6. The summed E-state index contributed by atoms with van der Waals surface area (Å²) in [4.78, 5) is 7.22. The zero-order chi connectivity index (χ0) is 32.1. The molecule has 0 saturated carbocycles. The van der Waals surface area contributed by atoms with Gasteiger partial charge in [-0.05, 0) is 78.9 Å². The number of aromatic nitrogens is 1. The predicted molar refractivity (Wildman–Crippen MR) is 207 cm³/mol. The van der Waals surface area contributed by atoms with Crippen LogP contribution in [-0.2, 0) is 0 Å². The van der Waals surface area contributed by atoms with Gasteiger partial charge in [-0.25, -0.2) is 4.98 Å². The predicted octanol–water partition coefficient (Wildman–Crippen LogP) is 13.6. The van der Waals surface area contributed by atoms with Gasteiger partial charge in [-0.2, -0.15) is 0 Å². The van der Waals surface area contributed by atoms with Crippen molar-refractivity contribution in [1.82, 2.24) is 4.98 Å². The summed E-state index contributed by atoms with van der Waals surface area (Å²) in [6, 6.07) is 51.6. The maximum Gasteiger partial charge on any atom is 0.227 e. The maximum absolute atomic E-state index is 6.41. The highest BCUT2D eigenvalue weighted by molar-refractivity contribution is 7.26. The van der Waals surface area contributed by atoms with E-state index < -0.39 is 0 Å². The van der Waals surface area contributed by atoms with Gasteiger partial charge >= 0.3 is 0 Å². The van der Waals surface area contributed by atoms with Gasteiger partial charge in [0.15, 0.2) is 5.58 Å². The Labute approximate surface area is 287 Å². The van der Waals surface area contributed by atoms with Crippen molar-refractivity contribution in [3.8, 4) is 11.5 Å². The number of nitrogens with zero attached hydrogens (tertiary/aromatic N) is 2. The largest absolute Gasteiger partial charge is 0.456 e. The second-order valence-corrected chi connectivity index (χ2v) is 14.5. The van der Waals surface area contributed by atoms with Gasteiger partial charge in [0.2, 0.25) is 5.89 Å². The summed E-state index contributed by atoms with van der Waals surface area (Å²) in [5.74, 6) is 0.604. The molecule has 4 heterocycles. The molecule has 0 aliphatic heterocycles. The van der Waals surface area contributed by atoms with Gasteiger partial charge in [-0.1, -0.05) is 60.7 Å². The molecule has 0 radical (unpaired) electrons. The average molecular weight is 665 g/mol. The summed E-state index contributed by atoms with van der Waals surface area (Å²) in [5.41, 5.74) is 7.34. The third-order valence-electron chi connectivity index (χ3n) is 9.48. The third kappa shape index (κ3) is 4.18. The van der Waals surface area contributed by atoms with Crippen molar-refractivity contribution in [2.45, 2.75) is 0 Å². The zero-order valence-corrected chi connectivity index (χ0v) is 27.5. The molecule has 0 saturated heterocycles. The summed E-state index contributed by atoms with van der Waals surface area (Å²) in [5, 5.41) is 7.18. The third-order valence-corrected chi connectivity index (χ3v) is 11.8. The molecule has 0 atom stereocenters. The number of furan rings is 1. The van der Waals surface area contributed by atoms with E-state index in [0.29, 0.717) is 11.5 Å². The van der Waals surface area contributed by atoms with Gasteiger partial charge in [0.05, 0.1) is 0 Å². The molecule has 11 aromatic rings. The van der Waals surface area contributed by atoms with Crippen LogP contribution in [0.15, 0.2) is 154 Å². The van der Waals surface area contributed by atoms with E-state index in [-0.39, 0.29) is 0 Å². The quantitative estimate of drug-likeness (QED) is 0.188. The van der Waals surface area contributed by atoms with E-state index in [0.717, 1.165) is 50.1 Å². The first-order chi connectivity index (χ1) is 24.2. The first-order valence-electron chi connectivity index (χ1n) is 16.2. The van der Waals surface area contributed by atoms with Crippen LogP contribution in [0.4, 0.5) is 17.1 Å². The lowest BCUT2D eigenvalue weighted by molar-refractivity contribution is 0.617. The highest BCUT2D eigenvalue weighted by Crippen LogP contribution is 2.44. The molecular weight excluding hydrogens is 641 g/mol. The molecule has 0 fully saturated rings. The minimum atomic E-state index is 0.604. The lowest BCUT2D eigenvalue weighted by atomic mass is 10.1. The number of benzene rings is 7. The van der Waals surface area contributed by atoms with Crippen LogP contribution in [0.3, 0.4) is 0 Å². The van der Waals surface area contributed by atoms with Crippen LogP contribution < -0.4 is 4.90 Å². The van der Waals surface area contributed by atoms with Crippen molar-refractivity contribution >= 4 is 113 Å². The van der Waals surface area contributed by atoms with Gasteiger partial charge in [-0.3, -0.25) is 0 Å². The van der Waals surface area contributed by atoms with Crippen LogP contribution in [-0.4, -0.2) is 4.98 Å². The summed E-state index contributed by atoms with van der Waals surface area (Å²) >= 11 is 3.68. The fourth-order valence-electron chi connectivity index (χ4n) is 7.18. The number of thiophene rings is 2. The van der Waals surface area contributed by atoms with Crippen LogP contribution >= 0.6 is 22.7 Å². The number of oxazole rings is 1. The smallest absolute Gasteiger partial charge is 0.227 e. The number of anilines is 3. The van der Waals surface area contributed by atoms with E-state index in [2.05, 4.69) is 114 Å². The molecule has 0 amide bonds. The molecule has 11 rings (SSSR count). The molecular formula is C43H24N2O2S2. The molecule has 0 bridgehead atoms. The van der Waals surface area contributed by atoms with Crippen LogP contribution in [0.2, 0.25) is 0 Å². The number of hydrogen-bond donors (Lipinski definition) is 0. The Balaban J connectivity index is 1.12. The van der Waals surface area contributed by atoms with Crippen molar-refractivity contribution in [1.29, 1.82) is 0 Å². The Bertz CT molecular complexity index is 3080. The Morgan fingerprint density at radius 3 is 1.86 bits per heavy atom. The zero-order valence-electron chi connectivity index (χ0n) is 25.9. The monoisotopic (exact) mass is 664 g/mol. The first-order valence-corrected chi connectivity index (χ1v) is 17.8. The summed E-state index contributed by atoms with van der Waals surface area (Å²) in [6.45, 7) is 0. The summed E-state index contributed by atoms with van der Waals surface area (Å²) in [7, 11) is 0. The van der Waals surface area contributed by atoms with Crippen molar-refractivity contribution in [2.24, 2.45) is 0 Å². The fourth-order valence-corrected chi connectivity index (χ4v) is 9.41. The number of rotatable bonds is 4. The van der Waals surface area contributed by atoms with E-state index in [1.165, 1.54) is 40.3 Å². The van der Waals surface area contributed by atoms with E-state index >= 15 is 0 Å². The van der Waals surface area contributed by atoms with Gasteiger partial charge in [0.25, 0.3) is 0 Å². The minimum Gasteiger partial charge on any atom is -0.456 e. The molecule has 7 aromatic carbocycles. The fraction of sp³-hybridized carbons (Fsp3) is 0. The topological polar surface area (TPSA) is 42.4 Å². The van der Waals surface area contributed by atoms with Crippen LogP contribution in [0.5, 0.6) is 0 Å². The molecule has 0 aliphatic rings. The molecule has 49 heavy (non-hydrogen) atoms. The first kappa shape index (κ1) is 27.0. The number of fused-ring (bicyclic) bond motifs is 10. The lowest BCUT2D eigenvalue weighted by Gasteiger charge is -2.26. The van der Waals surface area contributed by atoms with E-state index in [1.807, 2.05) is 59.1 Å². The van der Waals surface area contributed by atoms with Crippen LogP contribution in [0.25, 0.3) is 84.8 Å². The van der Waals surface area contributed by atoms with E-state index in [4.69, 9.17) is 13.8 Å². The average Bonchev–Trinajstić information content (AvgIpc) is 3.92. The maximum atomic E-state index is 6.41. The van der Waals surface area contributed by atoms with Crippen molar-refractivity contribution in [2.75, 3.05) is 4.90 Å². The van der Waals surface area contributed by atoms with E-state index in [9.17, 15) is 0 Å². The molecule has 6 heteroatoms. The van der Waals surface area contributed by atoms with Crippen molar-refractivity contribution in [3.63, 3.8) is 0 Å². The van der Waals surface area contributed by atoms with Crippen LogP contribution in [0.1, 0.15) is 0 Å². The summed E-state index contributed by atoms with van der Waals surface area (Å²) < 4.78 is 17.7. The second-order valence-electron chi connectivity index (χ2n) is 12.4. The standard InChI is InChI=1S/C43H24N2O2S2/c1-2-8-25(9-3-1)43-44-35-23-33-32-20-26(15-18-36(32)46-37(33)24-38(35)47-43)45(27-16-19-41-34(21-27)30-11-5-7-13-40(30)48-41)28-14-17-31-29-10-4-6-12-39(29)49-42(31)22-28/h1-24H. The lowest BCUT2D eigenvalue weighted by Crippen LogP contribution is -2.09. The molecule has 0 spiro atoms. The van der Waals surface area contributed by atoms with Gasteiger partial charge in [-0.15, -0.1) is 22.7 Å². The Kier molecular flexibility index (Phi) is 5.67. The highest BCUT2D eigenvalue weighted by atomic mass is 32.1. The van der Waals surface area contributed by atoms with Gasteiger partial charge in [0, 0.05) is 79.8 Å². The Hall–Kier alpha value is -5.95. The Morgan fingerprint density at radius 1 is 0.408 bits per heavy atom. The highest BCUT2D eigenvalue weighted by Gasteiger charge is 2.19. The molecule has 0 unspecified atom stereocenters. The minimum absolute atomic E-state index is 0.604. The van der Waals surface area contributed by atoms with Crippen molar-refractivity contribution < 1.29 is 8.83 Å². The Morgan fingerprint density at radius 2 is 1.02 bits per heavy atom.